The first-order valence-electron chi connectivity index (χ1n) is 8.34. The number of thiophene rings is 1. The molecule has 0 saturated heterocycles. The molecule has 0 unspecified atom stereocenters. The molecule has 136 valence electrons. The number of hydrogen-bond donors (Lipinski definition) is 0. The van der Waals surface area contributed by atoms with Gasteiger partial charge in [0.05, 0.1) is 17.6 Å². The molecular weight excluding hydrogens is 362 g/mol. The van der Waals surface area contributed by atoms with Gasteiger partial charge < -0.3 is 14.2 Å². The maximum absolute atomic E-state index is 13.0. The summed E-state index contributed by atoms with van der Waals surface area (Å²) in [5.41, 5.74) is 0.497. The third-order valence-electron chi connectivity index (χ3n) is 4.23. The minimum absolute atomic E-state index is 0.173. The third-order valence-corrected chi connectivity index (χ3v) is 5.09. The van der Waals surface area contributed by atoms with E-state index in [2.05, 4.69) is 10.1 Å². The number of amides is 1. The molecule has 1 amide bonds. The molecule has 0 radical (unpaired) electrons. The topological polar surface area (TPSA) is 68.5 Å². The quantitative estimate of drug-likeness (QED) is 0.519. The number of hydrogen-bond acceptors (Lipinski definition) is 6. The van der Waals surface area contributed by atoms with Crippen LogP contribution in [0.2, 0.25) is 0 Å². The van der Waals surface area contributed by atoms with Crippen LogP contribution < -0.4 is 4.74 Å². The van der Waals surface area contributed by atoms with Gasteiger partial charge in [0.15, 0.2) is 0 Å². The number of methoxy groups -OCH3 is 1. The first-order chi connectivity index (χ1) is 13.2. The fourth-order valence-corrected chi connectivity index (χ4v) is 3.51. The standard InChI is InChI=1S/C20H17N3O3S/c1-23(12-18-21-19(22-26-18)17-8-5-9-27-17)20(24)15-10-13-6-3-4-7-14(13)11-16(15)25-2/h3-11H,12H2,1-2H3. The molecule has 0 bridgehead atoms. The molecule has 0 aliphatic carbocycles. The van der Waals surface area contributed by atoms with Crippen LogP contribution in [0.1, 0.15) is 16.2 Å². The molecule has 0 saturated carbocycles. The van der Waals surface area contributed by atoms with Crippen molar-refractivity contribution in [3.63, 3.8) is 0 Å². The van der Waals surface area contributed by atoms with Crippen LogP contribution in [0, 0.1) is 0 Å². The maximum atomic E-state index is 13.0. The van der Waals surface area contributed by atoms with Crippen molar-refractivity contribution in [1.82, 2.24) is 15.0 Å². The lowest BCUT2D eigenvalue weighted by Crippen LogP contribution is -2.26. The molecule has 6 nitrogen and oxygen atoms in total. The number of carbonyl (C=O) groups excluding carboxylic acids is 1. The van der Waals surface area contributed by atoms with Gasteiger partial charge in [-0.2, -0.15) is 4.98 Å². The monoisotopic (exact) mass is 379 g/mol. The van der Waals surface area contributed by atoms with Gasteiger partial charge in [-0.3, -0.25) is 4.79 Å². The molecule has 0 aliphatic rings. The van der Waals surface area contributed by atoms with Crippen molar-refractivity contribution < 1.29 is 14.1 Å². The van der Waals surface area contributed by atoms with Crippen LogP contribution in [0.5, 0.6) is 5.75 Å². The van der Waals surface area contributed by atoms with Crippen molar-refractivity contribution in [2.24, 2.45) is 0 Å². The van der Waals surface area contributed by atoms with Crippen LogP contribution in [0.4, 0.5) is 0 Å². The Morgan fingerprint density at radius 1 is 1.19 bits per heavy atom. The zero-order valence-corrected chi connectivity index (χ0v) is 15.7. The van der Waals surface area contributed by atoms with Crippen molar-refractivity contribution >= 4 is 28.0 Å². The minimum Gasteiger partial charge on any atom is -0.496 e. The Bertz CT molecular complexity index is 1090. The summed E-state index contributed by atoms with van der Waals surface area (Å²) >= 11 is 1.54. The van der Waals surface area contributed by atoms with E-state index in [4.69, 9.17) is 9.26 Å². The molecule has 0 N–H and O–H groups in total. The van der Waals surface area contributed by atoms with E-state index >= 15 is 0 Å². The van der Waals surface area contributed by atoms with Crippen molar-refractivity contribution in [3.05, 3.63) is 65.4 Å². The van der Waals surface area contributed by atoms with E-state index in [1.807, 2.05) is 53.9 Å². The summed E-state index contributed by atoms with van der Waals surface area (Å²) in [5.74, 6) is 1.28. The van der Waals surface area contributed by atoms with Crippen molar-refractivity contribution in [1.29, 1.82) is 0 Å². The third kappa shape index (κ3) is 3.41. The molecule has 0 spiro atoms. The molecule has 7 heteroatoms. The number of aromatic nitrogens is 2. The molecule has 4 rings (SSSR count). The smallest absolute Gasteiger partial charge is 0.257 e. The van der Waals surface area contributed by atoms with Crippen LogP contribution in [-0.4, -0.2) is 35.1 Å². The van der Waals surface area contributed by atoms with E-state index in [0.29, 0.717) is 23.0 Å². The molecule has 4 aromatic rings. The highest BCUT2D eigenvalue weighted by Gasteiger charge is 2.20. The van der Waals surface area contributed by atoms with Crippen LogP contribution in [0.3, 0.4) is 0 Å². The Labute approximate surface area is 160 Å². The summed E-state index contributed by atoms with van der Waals surface area (Å²) in [6, 6.07) is 15.4. The number of nitrogens with zero attached hydrogens (tertiary/aromatic N) is 3. The number of benzene rings is 2. The predicted molar refractivity (Wildman–Crippen MR) is 104 cm³/mol. The first-order valence-corrected chi connectivity index (χ1v) is 9.22. The molecule has 0 fully saturated rings. The zero-order valence-electron chi connectivity index (χ0n) is 14.9. The maximum Gasteiger partial charge on any atom is 0.257 e. The van der Waals surface area contributed by atoms with E-state index in [-0.39, 0.29) is 12.5 Å². The van der Waals surface area contributed by atoms with Gasteiger partial charge in [0.2, 0.25) is 11.7 Å². The van der Waals surface area contributed by atoms with Gasteiger partial charge in [0.25, 0.3) is 5.91 Å². The van der Waals surface area contributed by atoms with Crippen LogP contribution in [-0.2, 0) is 6.54 Å². The number of rotatable bonds is 5. The van der Waals surface area contributed by atoms with Gasteiger partial charge >= 0.3 is 0 Å². The largest absolute Gasteiger partial charge is 0.496 e. The van der Waals surface area contributed by atoms with Crippen LogP contribution in [0.25, 0.3) is 21.5 Å². The number of ether oxygens (including phenoxy) is 1. The molecule has 0 aliphatic heterocycles. The summed E-state index contributed by atoms with van der Waals surface area (Å²) in [7, 11) is 3.26. The molecule has 2 aromatic carbocycles. The lowest BCUT2D eigenvalue weighted by molar-refractivity contribution is 0.0766. The first kappa shape index (κ1) is 17.2. The number of carbonyl (C=O) groups is 1. The molecule has 27 heavy (non-hydrogen) atoms. The average molecular weight is 379 g/mol. The van der Waals surface area contributed by atoms with Gasteiger partial charge in [-0.15, -0.1) is 11.3 Å². The second-order valence-corrected chi connectivity index (χ2v) is 7.00. The number of fused-ring (bicyclic) bond motifs is 1. The Hall–Kier alpha value is -3.19. The lowest BCUT2D eigenvalue weighted by Gasteiger charge is -2.17. The second-order valence-electron chi connectivity index (χ2n) is 6.05. The van der Waals surface area contributed by atoms with Gasteiger partial charge in [-0.25, -0.2) is 0 Å². The summed E-state index contributed by atoms with van der Waals surface area (Å²) < 4.78 is 10.7. The Balaban J connectivity index is 1.58. The SMILES string of the molecule is COc1cc2ccccc2cc1C(=O)N(C)Cc1nc(-c2cccs2)no1. The highest BCUT2D eigenvalue weighted by atomic mass is 32.1. The van der Waals surface area contributed by atoms with E-state index in [0.717, 1.165) is 15.6 Å². The van der Waals surface area contributed by atoms with E-state index in [9.17, 15) is 4.79 Å². The summed E-state index contributed by atoms with van der Waals surface area (Å²) in [5, 5.41) is 7.93. The van der Waals surface area contributed by atoms with Crippen LogP contribution in [0.15, 0.2) is 58.4 Å². The Morgan fingerprint density at radius 2 is 1.96 bits per heavy atom. The van der Waals surface area contributed by atoms with Gasteiger partial charge in [0, 0.05) is 7.05 Å². The van der Waals surface area contributed by atoms with E-state index in [1.54, 1.807) is 19.1 Å². The zero-order chi connectivity index (χ0) is 18.8. The average Bonchev–Trinajstić information content (AvgIpc) is 3.38. The second kappa shape index (κ2) is 7.20. The lowest BCUT2D eigenvalue weighted by atomic mass is 10.0. The summed E-state index contributed by atoms with van der Waals surface area (Å²) in [6.45, 7) is 0.215. The molecule has 0 atom stereocenters. The highest BCUT2D eigenvalue weighted by Crippen LogP contribution is 2.27. The Morgan fingerprint density at radius 3 is 2.67 bits per heavy atom. The summed E-state index contributed by atoms with van der Waals surface area (Å²) in [6.07, 6.45) is 0. The normalized spacial score (nSPS) is 10.9. The van der Waals surface area contributed by atoms with E-state index in [1.165, 1.54) is 11.3 Å². The van der Waals surface area contributed by atoms with Crippen molar-refractivity contribution in [2.45, 2.75) is 6.54 Å². The highest BCUT2D eigenvalue weighted by molar-refractivity contribution is 7.13. The van der Waals surface area contributed by atoms with Crippen molar-refractivity contribution in [2.75, 3.05) is 14.2 Å². The molecule has 2 aromatic heterocycles. The fraction of sp³-hybridized carbons (Fsp3) is 0.150. The molecule has 2 heterocycles. The summed E-state index contributed by atoms with van der Waals surface area (Å²) in [4.78, 5) is 19.8. The predicted octanol–water partition coefficient (Wildman–Crippen LogP) is 4.23. The van der Waals surface area contributed by atoms with Gasteiger partial charge in [0.1, 0.15) is 12.3 Å². The van der Waals surface area contributed by atoms with Gasteiger partial charge in [-0.1, -0.05) is 35.5 Å². The van der Waals surface area contributed by atoms with Gasteiger partial charge in [-0.05, 0) is 34.4 Å². The Kier molecular flexibility index (Phi) is 4.60. The van der Waals surface area contributed by atoms with Crippen LogP contribution >= 0.6 is 11.3 Å². The molecular formula is C20H17N3O3S. The fourth-order valence-electron chi connectivity index (χ4n) is 2.86. The van der Waals surface area contributed by atoms with E-state index < -0.39 is 0 Å². The van der Waals surface area contributed by atoms with Crippen molar-refractivity contribution in [3.8, 4) is 16.5 Å². The minimum atomic E-state index is -0.173.